The third kappa shape index (κ3) is 4.55. The highest BCUT2D eigenvalue weighted by Gasteiger charge is 2.25. The molecule has 3 aromatic rings. The summed E-state index contributed by atoms with van der Waals surface area (Å²) in [6.07, 6.45) is 0. The summed E-state index contributed by atoms with van der Waals surface area (Å²) in [7, 11) is -3.65. The van der Waals surface area contributed by atoms with Gasteiger partial charge in [0.05, 0.1) is 10.6 Å². The van der Waals surface area contributed by atoms with Crippen LogP contribution in [-0.4, -0.2) is 36.7 Å². The Morgan fingerprint density at radius 2 is 1.79 bits per heavy atom. The Labute approximate surface area is 175 Å². The number of hydrogen-bond acceptors (Lipinski definition) is 5. The molecule has 0 aliphatic carbocycles. The largest absolute Gasteiger partial charge is 0.298 e. The summed E-state index contributed by atoms with van der Waals surface area (Å²) >= 11 is 1.32. The normalized spacial score (nSPS) is 11.6. The zero-order valence-corrected chi connectivity index (χ0v) is 18.2. The Hall–Kier alpha value is -2.55. The van der Waals surface area contributed by atoms with Gasteiger partial charge in [-0.3, -0.25) is 10.1 Å². The third-order valence-corrected chi connectivity index (χ3v) is 7.52. The third-order valence-electron chi connectivity index (χ3n) is 4.57. The number of aryl methyl sites for hydroxylation is 1. The molecule has 6 nitrogen and oxygen atoms in total. The summed E-state index contributed by atoms with van der Waals surface area (Å²) in [6, 6.07) is 14.4. The summed E-state index contributed by atoms with van der Waals surface area (Å²) < 4.78 is 27.2. The Bertz CT molecular complexity index is 1110. The Morgan fingerprint density at radius 1 is 1.10 bits per heavy atom. The highest BCUT2D eigenvalue weighted by Crippen LogP contribution is 2.26. The number of thiazole rings is 1. The molecule has 0 saturated heterocycles. The number of anilines is 1. The van der Waals surface area contributed by atoms with Crippen molar-refractivity contribution in [3.63, 3.8) is 0 Å². The predicted octanol–water partition coefficient (Wildman–Crippen LogP) is 4.40. The van der Waals surface area contributed by atoms with Crippen LogP contribution < -0.4 is 5.32 Å². The summed E-state index contributed by atoms with van der Waals surface area (Å²) in [5.41, 5.74) is 2.62. The first-order valence-corrected chi connectivity index (χ1v) is 11.6. The molecule has 0 aliphatic heterocycles. The van der Waals surface area contributed by atoms with Crippen LogP contribution in [0.4, 0.5) is 5.13 Å². The second kappa shape index (κ2) is 8.86. The van der Waals surface area contributed by atoms with Gasteiger partial charge in [0.2, 0.25) is 10.0 Å². The zero-order chi connectivity index (χ0) is 21.0. The fourth-order valence-corrected chi connectivity index (χ4v) is 5.39. The van der Waals surface area contributed by atoms with Crippen LogP contribution in [0.3, 0.4) is 0 Å². The van der Waals surface area contributed by atoms with Crippen LogP contribution in [0.1, 0.15) is 29.8 Å². The van der Waals surface area contributed by atoms with Gasteiger partial charge in [-0.25, -0.2) is 13.4 Å². The van der Waals surface area contributed by atoms with E-state index < -0.39 is 15.9 Å². The van der Waals surface area contributed by atoms with Crippen molar-refractivity contribution < 1.29 is 13.2 Å². The molecule has 29 heavy (non-hydrogen) atoms. The van der Waals surface area contributed by atoms with Crippen molar-refractivity contribution in [3.05, 3.63) is 65.0 Å². The summed E-state index contributed by atoms with van der Waals surface area (Å²) in [4.78, 5) is 17.3. The Morgan fingerprint density at radius 3 is 2.45 bits per heavy atom. The first kappa shape index (κ1) is 21.2. The van der Waals surface area contributed by atoms with Crippen molar-refractivity contribution in [3.8, 4) is 11.3 Å². The van der Waals surface area contributed by atoms with Crippen LogP contribution in [0.5, 0.6) is 0 Å². The number of hydrogen-bond donors (Lipinski definition) is 1. The average molecular weight is 430 g/mol. The van der Waals surface area contributed by atoms with Gasteiger partial charge in [-0.1, -0.05) is 50.2 Å². The van der Waals surface area contributed by atoms with Crippen molar-refractivity contribution in [2.24, 2.45) is 0 Å². The fraction of sp³-hybridized carbons (Fsp3) is 0.238. The second-order valence-electron chi connectivity index (χ2n) is 6.43. The van der Waals surface area contributed by atoms with Gasteiger partial charge >= 0.3 is 0 Å². The zero-order valence-electron chi connectivity index (χ0n) is 16.5. The molecule has 8 heteroatoms. The number of aromatic nitrogens is 1. The van der Waals surface area contributed by atoms with Crippen molar-refractivity contribution in [2.75, 3.05) is 18.4 Å². The van der Waals surface area contributed by atoms with E-state index in [1.165, 1.54) is 21.7 Å². The van der Waals surface area contributed by atoms with Crippen LogP contribution in [0.2, 0.25) is 0 Å². The van der Waals surface area contributed by atoms with E-state index in [4.69, 9.17) is 0 Å². The van der Waals surface area contributed by atoms with Crippen LogP contribution in [0.15, 0.2) is 58.8 Å². The lowest BCUT2D eigenvalue weighted by Crippen LogP contribution is -2.31. The van der Waals surface area contributed by atoms with Crippen LogP contribution in [0.25, 0.3) is 11.3 Å². The van der Waals surface area contributed by atoms with Gasteiger partial charge in [0.15, 0.2) is 5.13 Å². The lowest BCUT2D eigenvalue weighted by Gasteiger charge is -2.20. The first-order valence-electron chi connectivity index (χ1n) is 9.30. The van der Waals surface area contributed by atoms with E-state index in [1.54, 1.807) is 32.9 Å². The van der Waals surface area contributed by atoms with E-state index in [-0.39, 0.29) is 10.5 Å². The second-order valence-corrected chi connectivity index (χ2v) is 9.19. The van der Waals surface area contributed by atoms with Crippen LogP contribution >= 0.6 is 11.3 Å². The lowest BCUT2D eigenvalue weighted by molar-refractivity contribution is 0.102. The van der Waals surface area contributed by atoms with E-state index in [0.717, 1.165) is 11.3 Å². The number of carbonyl (C=O) groups is 1. The monoisotopic (exact) mass is 429 g/mol. The molecular formula is C21H23N3O3S2. The van der Waals surface area contributed by atoms with E-state index in [9.17, 15) is 13.2 Å². The molecule has 0 aliphatic rings. The molecule has 0 fully saturated rings. The number of nitrogens with one attached hydrogen (secondary N) is 1. The highest BCUT2D eigenvalue weighted by molar-refractivity contribution is 7.89. The molecule has 0 saturated carbocycles. The minimum Gasteiger partial charge on any atom is -0.298 e. The van der Waals surface area contributed by atoms with Crippen molar-refractivity contribution in [1.29, 1.82) is 0 Å². The molecular weight excluding hydrogens is 406 g/mol. The van der Waals surface area contributed by atoms with Gasteiger partial charge < -0.3 is 0 Å². The molecule has 0 radical (unpaired) electrons. The van der Waals surface area contributed by atoms with Crippen molar-refractivity contribution >= 4 is 32.4 Å². The van der Waals surface area contributed by atoms with Gasteiger partial charge in [-0.15, -0.1) is 11.3 Å². The number of rotatable bonds is 7. The van der Waals surface area contributed by atoms with E-state index >= 15 is 0 Å². The molecule has 1 heterocycles. The standard InChI is InChI=1S/C21H23N3O3S2/c1-4-24(5-2)29(26,27)19-13-17(12-11-15(19)3)20(25)23-21-22-18(14-28-21)16-9-7-6-8-10-16/h6-14H,4-5H2,1-3H3,(H,22,23,25). The average Bonchev–Trinajstić information content (AvgIpc) is 3.18. The number of carbonyl (C=O) groups excluding carboxylic acids is 1. The molecule has 0 spiro atoms. The maximum atomic E-state index is 12.9. The molecule has 0 unspecified atom stereocenters. The number of nitrogens with zero attached hydrogens (tertiary/aromatic N) is 2. The smallest absolute Gasteiger partial charge is 0.257 e. The lowest BCUT2D eigenvalue weighted by atomic mass is 10.1. The predicted molar refractivity (Wildman–Crippen MR) is 117 cm³/mol. The minimum atomic E-state index is -3.65. The molecule has 152 valence electrons. The van der Waals surface area contributed by atoms with Gasteiger partial charge in [0.1, 0.15) is 0 Å². The van der Waals surface area contributed by atoms with Crippen LogP contribution in [-0.2, 0) is 10.0 Å². The topological polar surface area (TPSA) is 79.4 Å². The van der Waals surface area contributed by atoms with Gasteiger partial charge in [0, 0.05) is 29.6 Å². The number of sulfonamides is 1. The molecule has 2 aromatic carbocycles. The maximum Gasteiger partial charge on any atom is 0.257 e. The summed E-state index contributed by atoms with van der Waals surface area (Å²) in [5, 5.41) is 5.10. The quantitative estimate of drug-likeness (QED) is 0.604. The molecule has 1 N–H and O–H groups in total. The van der Waals surface area contributed by atoms with Crippen molar-refractivity contribution in [2.45, 2.75) is 25.7 Å². The van der Waals surface area contributed by atoms with E-state index in [1.807, 2.05) is 35.7 Å². The maximum absolute atomic E-state index is 12.9. The Balaban J connectivity index is 1.85. The van der Waals surface area contributed by atoms with Crippen LogP contribution in [0, 0.1) is 6.92 Å². The summed E-state index contributed by atoms with van der Waals surface area (Å²) in [5.74, 6) is -0.394. The fourth-order valence-electron chi connectivity index (χ4n) is 2.96. The number of amides is 1. The molecule has 3 rings (SSSR count). The first-order chi connectivity index (χ1) is 13.9. The van der Waals surface area contributed by atoms with E-state index in [2.05, 4.69) is 10.3 Å². The molecule has 0 bridgehead atoms. The van der Waals surface area contributed by atoms with Crippen molar-refractivity contribution in [1.82, 2.24) is 9.29 Å². The molecule has 1 aromatic heterocycles. The SMILES string of the molecule is CCN(CC)S(=O)(=O)c1cc(C(=O)Nc2nc(-c3ccccc3)cs2)ccc1C. The van der Waals surface area contributed by atoms with E-state index in [0.29, 0.717) is 23.8 Å². The van der Waals surface area contributed by atoms with Gasteiger partial charge in [0.25, 0.3) is 5.91 Å². The highest BCUT2D eigenvalue weighted by atomic mass is 32.2. The molecule has 0 atom stereocenters. The summed E-state index contributed by atoms with van der Waals surface area (Å²) in [6.45, 7) is 6.05. The number of benzene rings is 2. The van der Waals surface area contributed by atoms with Gasteiger partial charge in [-0.05, 0) is 24.6 Å². The molecule has 1 amide bonds. The minimum absolute atomic E-state index is 0.151. The Kier molecular flexibility index (Phi) is 6.46. The van der Waals surface area contributed by atoms with Gasteiger partial charge in [-0.2, -0.15) is 4.31 Å².